The van der Waals surface area contributed by atoms with Crippen molar-refractivity contribution in [2.75, 3.05) is 57.9 Å². The Labute approximate surface area is 209 Å². The number of aliphatic imine (C=N–C) groups is 1. The largest absolute Gasteiger partial charge is 0.469 e. The van der Waals surface area contributed by atoms with Crippen LogP contribution >= 0.6 is 24.0 Å². The molecule has 3 rings (SSSR count). The van der Waals surface area contributed by atoms with E-state index in [9.17, 15) is 0 Å². The predicted molar refractivity (Wildman–Crippen MR) is 140 cm³/mol. The molecule has 2 heterocycles. The molecular weight excluding hydrogens is 519 g/mol. The highest BCUT2D eigenvalue weighted by atomic mass is 127. The third-order valence-electron chi connectivity index (χ3n) is 5.22. The van der Waals surface area contributed by atoms with E-state index in [1.807, 2.05) is 18.2 Å². The van der Waals surface area contributed by atoms with Crippen LogP contribution in [0.3, 0.4) is 0 Å². The predicted octanol–water partition coefficient (Wildman–Crippen LogP) is 3.70. The first-order chi connectivity index (χ1) is 15.3. The molecule has 1 saturated heterocycles. The third kappa shape index (κ3) is 10.2. The monoisotopic (exact) mass is 556 g/mol. The van der Waals surface area contributed by atoms with Gasteiger partial charge >= 0.3 is 0 Å². The van der Waals surface area contributed by atoms with E-state index < -0.39 is 0 Å². The molecule has 1 atom stereocenters. The first-order valence-corrected chi connectivity index (χ1v) is 11.3. The summed E-state index contributed by atoms with van der Waals surface area (Å²) in [6.45, 7) is 5.62. The standard InChI is InChI=1S/C24H36N4O3.HI/c1-28(21-8-3-2-4-9-21)16-6-13-25-24(27-15-11-22-10-5-17-30-22)26-14-7-18-31-23-12-19-29-20-23;/h2-5,8-10,17,23H,6-7,11-16,18-20H2,1H3,(H2,25,26,27);1H. The molecule has 1 aromatic heterocycles. The van der Waals surface area contributed by atoms with Crippen molar-refractivity contribution in [2.24, 2.45) is 4.99 Å². The first-order valence-electron chi connectivity index (χ1n) is 11.3. The summed E-state index contributed by atoms with van der Waals surface area (Å²) in [4.78, 5) is 7.02. The van der Waals surface area contributed by atoms with E-state index in [1.54, 1.807) is 6.26 Å². The van der Waals surface area contributed by atoms with Crippen LogP contribution in [0.25, 0.3) is 0 Å². The Kier molecular flexibility index (Phi) is 13.2. The zero-order valence-corrected chi connectivity index (χ0v) is 21.3. The summed E-state index contributed by atoms with van der Waals surface area (Å²) in [6, 6.07) is 14.4. The van der Waals surface area contributed by atoms with Gasteiger partial charge in [-0.25, -0.2) is 0 Å². The lowest BCUT2D eigenvalue weighted by atomic mass is 10.3. The fourth-order valence-electron chi connectivity index (χ4n) is 3.42. The molecule has 2 N–H and O–H groups in total. The van der Waals surface area contributed by atoms with Crippen molar-refractivity contribution < 1.29 is 13.9 Å². The molecular formula is C24H37IN4O3. The molecule has 1 aliphatic rings. The van der Waals surface area contributed by atoms with Crippen LogP contribution in [0.1, 0.15) is 25.0 Å². The van der Waals surface area contributed by atoms with Gasteiger partial charge in [0.25, 0.3) is 0 Å². The molecule has 0 aliphatic carbocycles. The third-order valence-corrected chi connectivity index (χ3v) is 5.22. The highest BCUT2D eigenvalue weighted by Crippen LogP contribution is 2.11. The van der Waals surface area contributed by atoms with Crippen LogP contribution in [0.5, 0.6) is 0 Å². The Hall–Kier alpha value is -1.78. The van der Waals surface area contributed by atoms with E-state index in [0.717, 1.165) is 83.4 Å². The molecule has 1 aliphatic heterocycles. The van der Waals surface area contributed by atoms with E-state index in [-0.39, 0.29) is 30.1 Å². The van der Waals surface area contributed by atoms with Crippen LogP contribution in [-0.4, -0.2) is 65.1 Å². The van der Waals surface area contributed by atoms with Gasteiger partial charge < -0.3 is 29.4 Å². The maximum absolute atomic E-state index is 5.84. The van der Waals surface area contributed by atoms with Gasteiger partial charge in [-0.15, -0.1) is 24.0 Å². The number of para-hydroxylation sites is 1. The minimum atomic E-state index is 0. The van der Waals surface area contributed by atoms with Gasteiger partial charge in [0.05, 0.1) is 19.0 Å². The number of hydrogen-bond donors (Lipinski definition) is 2. The summed E-state index contributed by atoms with van der Waals surface area (Å²) in [5.41, 5.74) is 1.23. The van der Waals surface area contributed by atoms with Crippen molar-refractivity contribution in [3.05, 3.63) is 54.5 Å². The second-order valence-electron chi connectivity index (χ2n) is 7.73. The molecule has 32 heavy (non-hydrogen) atoms. The maximum atomic E-state index is 5.84. The Balaban J connectivity index is 0.00000363. The second kappa shape index (κ2) is 15.9. The minimum absolute atomic E-state index is 0. The smallest absolute Gasteiger partial charge is 0.191 e. The molecule has 178 valence electrons. The molecule has 0 bridgehead atoms. The molecule has 7 nitrogen and oxygen atoms in total. The van der Waals surface area contributed by atoms with Gasteiger partial charge in [-0.3, -0.25) is 4.99 Å². The van der Waals surface area contributed by atoms with E-state index in [0.29, 0.717) is 0 Å². The van der Waals surface area contributed by atoms with Gasteiger partial charge in [0, 0.05) is 58.5 Å². The summed E-state index contributed by atoms with van der Waals surface area (Å²) in [6.07, 6.45) is 5.73. The first kappa shape index (κ1) is 26.5. The summed E-state index contributed by atoms with van der Waals surface area (Å²) < 4.78 is 16.6. The highest BCUT2D eigenvalue weighted by molar-refractivity contribution is 14.0. The van der Waals surface area contributed by atoms with Gasteiger partial charge in [0.1, 0.15) is 5.76 Å². The zero-order valence-electron chi connectivity index (χ0n) is 19.0. The summed E-state index contributed by atoms with van der Waals surface area (Å²) in [5.74, 6) is 1.82. The second-order valence-corrected chi connectivity index (χ2v) is 7.73. The van der Waals surface area contributed by atoms with Crippen molar-refractivity contribution in [3.8, 4) is 0 Å². The molecule has 1 fully saturated rings. The fourth-order valence-corrected chi connectivity index (χ4v) is 3.42. The van der Waals surface area contributed by atoms with Gasteiger partial charge in [0.2, 0.25) is 0 Å². The average molecular weight is 556 g/mol. The Morgan fingerprint density at radius 2 is 1.97 bits per heavy atom. The molecule has 1 unspecified atom stereocenters. The van der Waals surface area contributed by atoms with Gasteiger partial charge in [0.15, 0.2) is 5.96 Å². The van der Waals surface area contributed by atoms with E-state index in [4.69, 9.17) is 18.9 Å². The van der Waals surface area contributed by atoms with Gasteiger partial charge in [-0.2, -0.15) is 0 Å². The van der Waals surface area contributed by atoms with Crippen molar-refractivity contribution in [2.45, 2.75) is 31.8 Å². The number of nitrogens with zero attached hydrogens (tertiary/aromatic N) is 2. The highest BCUT2D eigenvalue weighted by Gasteiger charge is 2.15. The average Bonchev–Trinajstić information content (AvgIpc) is 3.51. The Morgan fingerprint density at radius 3 is 2.72 bits per heavy atom. The van der Waals surface area contributed by atoms with Crippen LogP contribution in [0, 0.1) is 0 Å². The molecule has 8 heteroatoms. The minimum Gasteiger partial charge on any atom is -0.469 e. The normalized spacial score (nSPS) is 15.9. The maximum Gasteiger partial charge on any atom is 0.191 e. The lowest BCUT2D eigenvalue weighted by molar-refractivity contribution is 0.0420. The molecule has 0 radical (unpaired) electrons. The van der Waals surface area contributed by atoms with Crippen LogP contribution in [0.15, 0.2) is 58.1 Å². The number of halogens is 1. The number of benzene rings is 1. The Morgan fingerprint density at radius 1 is 1.12 bits per heavy atom. The lowest BCUT2D eigenvalue weighted by Crippen LogP contribution is -2.39. The van der Waals surface area contributed by atoms with Crippen LogP contribution in [0.4, 0.5) is 5.69 Å². The number of rotatable bonds is 13. The van der Waals surface area contributed by atoms with Crippen molar-refractivity contribution in [1.29, 1.82) is 0 Å². The zero-order chi connectivity index (χ0) is 21.6. The van der Waals surface area contributed by atoms with E-state index in [1.165, 1.54) is 5.69 Å². The fraction of sp³-hybridized carbons (Fsp3) is 0.542. The SMILES string of the molecule is CN(CCCN=C(NCCCOC1CCOC1)NCCc1ccco1)c1ccccc1.I. The molecule has 0 saturated carbocycles. The molecule has 0 spiro atoms. The van der Waals surface area contributed by atoms with E-state index in [2.05, 4.69) is 46.8 Å². The quantitative estimate of drug-likeness (QED) is 0.170. The number of nitrogens with one attached hydrogen (secondary N) is 2. The number of anilines is 1. The van der Waals surface area contributed by atoms with Crippen LogP contribution in [-0.2, 0) is 15.9 Å². The number of guanidine groups is 1. The topological polar surface area (TPSA) is 71.3 Å². The van der Waals surface area contributed by atoms with Gasteiger partial charge in [-0.05, 0) is 43.5 Å². The Bertz CT molecular complexity index is 737. The van der Waals surface area contributed by atoms with Crippen molar-refractivity contribution in [1.82, 2.24) is 10.6 Å². The number of furan rings is 1. The molecule has 0 amide bonds. The lowest BCUT2D eigenvalue weighted by Gasteiger charge is -2.18. The summed E-state index contributed by atoms with van der Waals surface area (Å²) in [5, 5.41) is 6.84. The van der Waals surface area contributed by atoms with Crippen molar-refractivity contribution >= 4 is 35.6 Å². The van der Waals surface area contributed by atoms with Crippen LogP contribution < -0.4 is 15.5 Å². The number of ether oxygens (including phenoxy) is 2. The summed E-state index contributed by atoms with van der Waals surface area (Å²) >= 11 is 0. The molecule has 1 aromatic carbocycles. The van der Waals surface area contributed by atoms with E-state index >= 15 is 0 Å². The van der Waals surface area contributed by atoms with Crippen molar-refractivity contribution in [3.63, 3.8) is 0 Å². The molecule has 2 aromatic rings. The summed E-state index contributed by atoms with van der Waals surface area (Å²) in [7, 11) is 2.12. The number of hydrogen-bond acceptors (Lipinski definition) is 5. The van der Waals surface area contributed by atoms with Crippen LogP contribution in [0.2, 0.25) is 0 Å². The van der Waals surface area contributed by atoms with Gasteiger partial charge in [-0.1, -0.05) is 18.2 Å².